The summed E-state index contributed by atoms with van der Waals surface area (Å²) in [6, 6.07) is 14.3. The van der Waals surface area contributed by atoms with Crippen molar-refractivity contribution in [1.82, 2.24) is 9.66 Å². The van der Waals surface area contributed by atoms with E-state index in [-0.39, 0.29) is 17.9 Å². The molecule has 1 fully saturated rings. The van der Waals surface area contributed by atoms with Gasteiger partial charge < -0.3 is 4.90 Å². The molecule has 2 heterocycles. The molecule has 1 N–H and O–H groups in total. The Labute approximate surface area is 161 Å². The Morgan fingerprint density at radius 3 is 2.52 bits per heavy atom. The van der Waals surface area contributed by atoms with Crippen LogP contribution in [0, 0.1) is 0 Å². The number of carbonyl (C=O) groups is 1. The van der Waals surface area contributed by atoms with Gasteiger partial charge in [-0.25, -0.2) is 4.98 Å². The van der Waals surface area contributed by atoms with Crippen LogP contribution < -0.4 is 15.9 Å². The lowest BCUT2D eigenvalue weighted by Gasteiger charge is -2.22. The molecule has 4 rings (SSSR count). The van der Waals surface area contributed by atoms with E-state index >= 15 is 0 Å². The van der Waals surface area contributed by atoms with E-state index in [1.165, 1.54) is 4.68 Å². The van der Waals surface area contributed by atoms with Crippen molar-refractivity contribution in [2.75, 3.05) is 23.4 Å². The first kappa shape index (κ1) is 17.5. The zero-order valence-electron chi connectivity index (χ0n) is 14.7. The molecular weight excluding hydrogens is 364 g/mol. The molecule has 1 amide bonds. The van der Waals surface area contributed by atoms with Crippen LogP contribution in [0.15, 0.2) is 53.3 Å². The molecule has 0 aliphatic carbocycles. The number of para-hydroxylation sites is 1. The number of benzene rings is 2. The fourth-order valence-corrected chi connectivity index (χ4v) is 3.43. The average Bonchev–Trinajstić information content (AvgIpc) is 3.20. The largest absolute Gasteiger partial charge is 0.341 e. The van der Waals surface area contributed by atoms with Crippen LogP contribution in [0.3, 0.4) is 0 Å². The lowest BCUT2D eigenvalue weighted by molar-refractivity contribution is -0.116. The number of amides is 1. The summed E-state index contributed by atoms with van der Waals surface area (Å²) in [5.74, 6) is 0.206. The van der Waals surface area contributed by atoms with E-state index in [1.54, 1.807) is 36.4 Å². The molecule has 3 aromatic rings. The molecule has 1 aliphatic heterocycles. The quantitative estimate of drug-likeness (QED) is 0.753. The molecule has 0 radical (unpaired) electrons. The topological polar surface area (TPSA) is 67.2 Å². The minimum atomic E-state index is -0.281. The van der Waals surface area contributed by atoms with Crippen molar-refractivity contribution in [2.45, 2.75) is 19.3 Å². The fraction of sp³-hybridized carbons (Fsp3) is 0.250. The van der Waals surface area contributed by atoms with Crippen molar-refractivity contribution < 1.29 is 4.79 Å². The minimum Gasteiger partial charge on any atom is -0.341 e. The summed E-state index contributed by atoms with van der Waals surface area (Å²) in [5.41, 5.74) is 3.92. The van der Waals surface area contributed by atoms with Crippen LogP contribution in [0.25, 0.3) is 10.9 Å². The van der Waals surface area contributed by atoms with Gasteiger partial charge in [-0.05, 0) is 42.7 Å². The highest BCUT2D eigenvalue weighted by Gasteiger charge is 2.21. The van der Waals surface area contributed by atoms with E-state index in [9.17, 15) is 9.59 Å². The van der Waals surface area contributed by atoms with Crippen LogP contribution in [-0.2, 0) is 11.2 Å². The number of nitrogens with zero attached hydrogens (tertiary/aromatic N) is 3. The summed E-state index contributed by atoms with van der Waals surface area (Å²) in [5, 5.41) is 1.10. The molecule has 0 bridgehead atoms. The number of aromatic nitrogens is 2. The Kier molecular flexibility index (Phi) is 4.81. The Bertz CT molecular complexity index is 1040. The van der Waals surface area contributed by atoms with Crippen molar-refractivity contribution in [2.24, 2.45) is 0 Å². The third-order valence-corrected chi connectivity index (χ3v) is 4.91. The molecule has 0 spiro atoms. The second-order valence-corrected chi connectivity index (χ2v) is 7.04. The van der Waals surface area contributed by atoms with Gasteiger partial charge in [0.1, 0.15) is 0 Å². The van der Waals surface area contributed by atoms with Crippen LogP contribution in [0.4, 0.5) is 5.95 Å². The van der Waals surface area contributed by atoms with Gasteiger partial charge in [0.15, 0.2) is 0 Å². The van der Waals surface area contributed by atoms with Crippen molar-refractivity contribution in [3.63, 3.8) is 0 Å². The van der Waals surface area contributed by atoms with Gasteiger partial charge in [0.25, 0.3) is 5.56 Å². The predicted molar refractivity (Wildman–Crippen MR) is 107 cm³/mol. The number of halogens is 1. The number of fused-ring (bicyclic) bond motifs is 1. The summed E-state index contributed by atoms with van der Waals surface area (Å²) in [4.78, 5) is 32.3. The second kappa shape index (κ2) is 7.40. The Morgan fingerprint density at radius 1 is 1.07 bits per heavy atom. The van der Waals surface area contributed by atoms with Crippen molar-refractivity contribution in [3.8, 4) is 0 Å². The first-order chi connectivity index (χ1) is 13.1. The minimum absolute atomic E-state index is 0.149. The molecule has 7 heteroatoms. The highest BCUT2D eigenvalue weighted by atomic mass is 35.5. The molecule has 2 aromatic carbocycles. The molecule has 27 heavy (non-hydrogen) atoms. The molecule has 0 saturated carbocycles. The molecular formula is C20H19ClN4O2. The van der Waals surface area contributed by atoms with E-state index in [2.05, 4.69) is 10.4 Å². The normalized spacial score (nSPS) is 13.9. The molecule has 1 aromatic heterocycles. The number of hydrogen-bond donors (Lipinski definition) is 1. The average molecular weight is 383 g/mol. The van der Waals surface area contributed by atoms with E-state index in [0.29, 0.717) is 21.9 Å². The fourth-order valence-electron chi connectivity index (χ4n) is 3.30. The van der Waals surface area contributed by atoms with Crippen LogP contribution >= 0.6 is 11.6 Å². The van der Waals surface area contributed by atoms with Gasteiger partial charge >= 0.3 is 0 Å². The van der Waals surface area contributed by atoms with Crippen molar-refractivity contribution in [1.29, 1.82) is 0 Å². The van der Waals surface area contributed by atoms with Gasteiger partial charge in [0.05, 0.1) is 17.3 Å². The zero-order chi connectivity index (χ0) is 18.8. The Hall–Kier alpha value is -2.86. The Balaban J connectivity index is 1.69. The summed E-state index contributed by atoms with van der Waals surface area (Å²) in [6.45, 7) is 1.63. The van der Waals surface area contributed by atoms with Gasteiger partial charge in [0, 0.05) is 18.1 Å². The van der Waals surface area contributed by atoms with Crippen LogP contribution in [-0.4, -0.2) is 28.7 Å². The first-order valence-electron chi connectivity index (χ1n) is 8.93. The smallest absolute Gasteiger partial charge is 0.281 e. The number of nitrogens with one attached hydrogen (secondary N) is 1. The summed E-state index contributed by atoms with van der Waals surface area (Å²) < 4.78 is 1.28. The van der Waals surface area contributed by atoms with Crippen LogP contribution in [0.5, 0.6) is 0 Å². The molecule has 1 saturated heterocycles. The maximum absolute atomic E-state index is 13.0. The summed E-state index contributed by atoms with van der Waals surface area (Å²) >= 11 is 5.89. The molecule has 6 nitrogen and oxygen atoms in total. The van der Waals surface area contributed by atoms with Gasteiger partial charge in [-0.1, -0.05) is 35.9 Å². The van der Waals surface area contributed by atoms with E-state index in [0.717, 1.165) is 31.5 Å². The van der Waals surface area contributed by atoms with Gasteiger partial charge in [-0.3, -0.25) is 15.0 Å². The summed E-state index contributed by atoms with van der Waals surface area (Å²) in [6.07, 6.45) is 2.23. The van der Waals surface area contributed by atoms with E-state index in [4.69, 9.17) is 11.6 Å². The lowest BCUT2D eigenvalue weighted by atomic mass is 10.1. The summed E-state index contributed by atoms with van der Waals surface area (Å²) in [7, 11) is 0. The van der Waals surface area contributed by atoms with E-state index in [1.807, 2.05) is 17.0 Å². The number of hydrogen-bond acceptors (Lipinski definition) is 4. The SMILES string of the molecule is O=C(Cc1ccc(Cl)cc1)Nn1c(N2CCCC2)nc2ccccc2c1=O. The second-order valence-electron chi connectivity index (χ2n) is 6.60. The third kappa shape index (κ3) is 3.66. The van der Waals surface area contributed by atoms with Crippen molar-refractivity contribution >= 4 is 34.4 Å². The highest BCUT2D eigenvalue weighted by Crippen LogP contribution is 2.19. The third-order valence-electron chi connectivity index (χ3n) is 4.66. The van der Waals surface area contributed by atoms with Gasteiger partial charge in [-0.15, -0.1) is 0 Å². The van der Waals surface area contributed by atoms with Crippen LogP contribution in [0.1, 0.15) is 18.4 Å². The first-order valence-corrected chi connectivity index (χ1v) is 9.31. The Morgan fingerprint density at radius 2 is 1.78 bits per heavy atom. The maximum Gasteiger partial charge on any atom is 0.281 e. The van der Waals surface area contributed by atoms with Crippen LogP contribution in [0.2, 0.25) is 5.02 Å². The number of anilines is 1. The van der Waals surface area contributed by atoms with Gasteiger partial charge in [-0.2, -0.15) is 4.68 Å². The van der Waals surface area contributed by atoms with Gasteiger partial charge in [0.2, 0.25) is 11.9 Å². The molecule has 138 valence electrons. The molecule has 0 unspecified atom stereocenters. The highest BCUT2D eigenvalue weighted by molar-refractivity contribution is 6.30. The molecule has 1 aliphatic rings. The van der Waals surface area contributed by atoms with Crippen molar-refractivity contribution in [3.05, 3.63) is 69.5 Å². The number of rotatable bonds is 4. The predicted octanol–water partition coefficient (Wildman–Crippen LogP) is 2.96. The maximum atomic E-state index is 13.0. The monoisotopic (exact) mass is 382 g/mol. The lowest BCUT2D eigenvalue weighted by Crippen LogP contribution is -2.39. The standard InChI is InChI=1S/C20H19ClN4O2/c21-15-9-7-14(8-10-15)13-18(26)23-25-19(27)16-5-1-2-6-17(16)22-20(25)24-11-3-4-12-24/h1-2,5-10H,3-4,11-13H2,(H,23,26). The zero-order valence-corrected chi connectivity index (χ0v) is 15.4. The molecule has 0 atom stereocenters. The van der Waals surface area contributed by atoms with E-state index < -0.39 is 0 Å². The number of carbonyl (C=O) groups excluding carboxylic acids is 1.